The molecule has 0 saturated carbocycles. The largest absolute Gasteiger partial charge is 0.329 e. The van der Waals surface area contributed by atoms with Gasteiger partial charge in [-0.05, 0) is 24.5 Å². The highest BCUT2D eigenvalue weighted by Crippen LogP contribution is 2.23. The van der Waals surface area contributed by atoms with E-state index in [0.29, 0.717) is 18.6 Å². The number of rotatable bonds is 1. The fourth-order valence-corrected chi connectivity index (χ4v) is 2.08. The van der Waals surface area contributed by atoms with Crippen molar-refractivity contribution in [3.8, 4) is 0 Å². The summed E-state index contributed by atoms with van der Waals surface area (Å²) in [4.78, 5) is 0. The van der Waals surface area contributed by atoms with E-state index >= 15 is 0 Å². The average molecular weight is 176 g/mol. The van der Waals surface area contributed by atoms with E-state index in [1.807, 2.05) is 0 Å². The Morgan fingerprint density at radius 1 is 1.46 bits per heavy atom. The molecule has 2 rings (SSSR count). The van der Waals surface area contributed by atoms with E-state index in [1.165, 1.54) is 11.1 Å². The van der Waals surface area contributed by atoms with Crippen LogP contribution in [-0.4, -0.2) is 12.6 Å². The van der Waals surface area contributed by atoms with Crippen LogP contribution in [0.1, 0.15) is 24.1 Å². The summed E-state index contributed by atoms with van der Waals surface area (Å²) in [5.41, 5.74) is 8.54. The molecule has 2 heteroatoms. The molecule has 0 aliphatic carbocycles. The number of hydrogen-bond donors (Lipinski definition) is 2. The molecule has 3 N–H and O–H groups in total. The first-order valence-corrected chi connectivity index (χ1v) is 4.85. The molecule has 70 valence electrons. The van der Waals surface area contributed by atoms with Crippen molar-refractivity contribution in [3.63, 3.8) is 0 Å². The first-order valence-electron chi connectivity index (χ1n) is 4.85. The van der Waals surface area contributed by atoms with Crippen LogP contribution in [0.15, 0.2) is 24.3 Å². The lowest BCUT2D eigenvalue weighted by Crippen LogP contribution is -2.40. The first kappa shape index (κ1) is 8.73. The van der Waals surface area contributed by atoms with Gasteiger partial charge >= 0.3 is 0 Å². The van der Waals surface area contributed by atoms with Gasteiger partial charge in [0, 0.05) is 18.6 Å². The van der Waals surface area contributed by atoms with Crippen LogP contribution in [0, 0.1) is 0 Å². The SMILES string of the molecule is C[C@@H]1Cc2ccccc2[C@@H](CN)N1. The summed E-state index contributed by atoms with van der Waals surface area (Å²) in [5.74, 6) is 0. The minimum absolute atomic E-state index is 0.347. The predicted molar refractivity (Wildman–Crippen MR) is 54.5 cm³/mol. The highest BCUT2D eigenvalue weighted by atomic mass is 15.0. The second-order valence-electron chi connectivity index (χ2n) is 3.76. The van der Waals surface area contributed by atoms with Gasteiger partial charge in [0.25, 0.3) is 0 Å². The number of fused-ring (bicyclic) bond motifs is 1. The molecule has 0 spiro atoms. The van der Waals surface area contributed by atoms with Gasteiger partial charge in [-0.3, -0.25) is 0 Å². The number of nitrogens with two attached hydrogens (primary N) is 1. The van der Waals surface area contributed by atoms with E-state index in [4.69, 9.17) is 5.73 Å². The fourth-order valence-electron chi connectivity index (χ4n) is 2.08. The molecule has 1 aliphatic rings. The van der Waals surface area contributed by atoms with Crippen molar-refractivity contribution in [1.29, 1.82) is 0 Å². The zero-order chi connectivity index (χ0) is 9.26. The van der Waals surface area contributed by atoms with Crippen molar-refractivity contribution in [1.82, 2.24) is 5.32 Å². The van der Waals surface area contributed by atoms with Crippen molar-refractivity contribution < 1.29 is 0 Å². The van der Waals surface area contributed by atoms with Gasteiger partial charge in [0.05, 0.1) is 0 Å². The Morgan fingerprint density at radius 2 is 2.23 bits per heavy atom. The van der Waals surface area contributed by atoms with Crippen molar-refractivity contribution in [2.24, 2.45) is 5.73 Å². The standard InChI is InChI=1S/C11H16N2/c1-8-6-9-4-2-3-5-10(9)11(7-12)13-8/h2-5,8,11,13H,6-7,12H2,1H3/t8-,11-/m1/s1. The third-order valence-electron chi connectivity index (χ3n) is 2.68. The second kappa shape index (κ2) is 3.48. The lowest BCUT2D eigenvalue weighted by Gasteiger charge is -2.30. The maximum atomic E-state index is 5.72. The molecule has 1 aromatic carbocycles. The molecule has 0 bridgehead atoms. The van der Waals surface area contributed by atoms with E-state index in [-0.39, 0.29) is 0 Å². The van der Waals surface area contributed by atoms with Crippen molar-refractivity contribution in [2.45, 2.75) is 25.4 Å². The minimum atomic E-state index is 0.347. The molecule has 0 radical (unpaired) electrons. The minimum Gasteiger partial charge on any atom is -0.329 e. The second-order valence-corrected chi connectivity index (χ2v) is 3.76. The average Bonchev–Trinajstić information content (AvgIpc) is 2.16. The van der Waals surface area contributed by atoms with Crippen LogP contribution in [0.2, 0.25) is 0 Å². The van der Waals surface area contributed by atoms with Crippen molar-refractivity contribution in [2.75, 3.05) is 6.54 Å². The maximum Gasteiger partial charge on any atom is 0.0449 e. The van der Waals surface area contributed by atoms with Crippen LogP contribution < -0.4 is 11.1 Å². The van der Waals surface area contributed by atoms with Crippen LogP contribution in [0.5, 0.6) is 0 Å². The van der Waals surface area contributed by atoms with Crippen LogP contribution in [-0.2, 0) is 6.42 Å². The topological polar surface area (TPSA) is 38.0 Å². The Balaban J connectivity index is 2.37. The van der Waals surface area contributed by atoms with Gasteiger partial charge in [0.15, 0.2) is 0 Å². The van der Waals surface area contributed by atoms with Gasteiger partial charge in [0.1, 0.15) is 0 Å². The van der Waals surface area contributed by atoms with Gasteiger partial charge < -0.3 is 11.1 Å². The van der Waals surface area contributed by atoms with Crippen LogP contribution in [0.4, 0.5) is 0 Å². The summed E-state index contributed by atoms with van der Waals surface area (Å²) in [6, 6.07) is 9.45. The summed E-state index contributed by atoms with van der Waals surface area (Å²) < 4.78 is 0. The predicted octanol–water partition coefficient (Wildman–Crippen LogP) is 1.22. The van der Waals surface area contributed by atoms with E-state index in [1.54, 1.807) is 0 Å². The first-order chi connectivity index (χ1) is 6.31. The molecule has 0 saturated heterocycles. The van der Waals surface area contributed by atoms with Gasteiger partial charge in [0.2, 0.25) is 0 Å². The summed E-state index contributed by atoms with van der Waals surface area (Å²) in [6.07, 6.45) is 1.12. The van der Waals surface area contributed by atoms with Gasteiger partial charge in [-0.1, -0.05) is 24.3 Å². The van der Waals surface area contributed by atoms with E-state index < -0.39 is 0 Å². The van der Waals surface area contributed by atoms with Gasteiger partial charge in [-0.15, -0.1) is 0 Å². The van der Waals surface area contributed by atoms with Crippen molar-refractivity contribution >= 4 is 0 Å². The Hall–Kier alpha value is -0.860. The molecule has 0 unspecified atom stereocenters. The molecule has 0 fully saturated rings. The smallest absolute Gasteiger partial charge is 0.0449 e. The Bertz CT molecular complexity index is 296. The molecule has 1 aliphatic heterocycles. The molecule has 2 nitrogen and oxygen atoms in total. The van der Waals surface area contributed by atoms with Crippen LogP contribution in [0.25, 0.3) is 0 Å². The van der Waals surface area contributed by atoms with E-state index in [0.717, 1.165) is 6.42 Å². The lowest BCUT2D eigenvalue weighted by atomic mass is 9.91. The summed E-state index contributed by atoms with van der Waals surface area (Å²) in [7, 11) is 0. The molecule has 13 heavy (non-hydrogen) atoms. The quantitative estimate of drug-likeness (QED) is 0.675. The van der Waals surface area contributed by atoms with E-state index in [9.17, 15) is 0 Å². The third kappa shape index (κ3) is 1.60. The van der Waals surface area contributed by atoms with E-state index in [2.05, 4.69) is 36.5 Å². The van der Waals surface area contributed by atoms with Gasteiger partial charge in [-0.2, -0.15) is 0 Å². The highest BCUT2D eigenvalue weighted by Gasteiger charge is 2.21. The van der Waals surface area contributed by atoms with Gasteiger partial charge in [-0.25, -0.2) is 0 Å². The number of nitrogens with one attached hydrogen (secondary N) is 1. The number of hydrogen-bond acceptors (Lipinski definition) is 2. The summed E-state index contributed by atoms with van der Waals surface area (Å²) in [5, 5.41) is 3.50. The lowest BCUT2D eigenvalue weighted by molar-refractivity contribution is 0.428. The van der Waals surface area contributed by atoms with Crippen molar-refractivity contribution in [3.05, 3.63) is 35.4 Å². The van der Waals surface area contributed by atoms with Crippen LogP contribution in [0.3, 0.4) is 0 Å². The Labute approximate surface area is 79.1 Å². The molecule has 1 aromatic rings. The summed E-state index contributed by atoms with van der Waals surface area (Å²) >= 11 is 0. The van der Waals surface area contributed by atoms with Crippen LogP contribution >= 0.6 is 0 Å². The fraction of sp³-hybridized carbons (Fsp3) is 0.455. The number of benzene rings is 1. The monoisotopic (exact) mass is 176 g/mol. The summed E-state index contributed by atoms with van der Waals surface area (Å²) in [6.45, 7) is 2.89. The molecular formula is C11H16N2. The third-order valence-corrected chi connectivity index (χ3v) is 2.68. The molecule has 1 heterocycles. The Morgan fingerprint density at radius 3 is 3.00 bits per heavy atom. The zero-order valence-electron chi connectivity index (χ0n) is 7.96. The molecule has 0 aromatic heterocycles. The molecule has 0 amide bonds. The normalized spacial score (nSPS) is 26.9. The molecule has 2 atom stereocenters. The highest BCUT2D eigenvalue weighted by molar-refractivity contribution is 5.33. The maximum absolute atomic E-state index is 5.72. The Kier molecular flexibility index (Phi) is 2.34. The molecular weight excluding hydrogens is 160 g/mol. The zero-order valence-corrected chi connectivity index (χ0v) is 7.96.